The van der Waals surface area contributed by atoms with Gasteiger partial charge in [0, 0.05) is 12.6 Å². The predicted molar refractivity (Wildman–Crippen MR) is 139 cm³/mol. The molecule has 0 spiro atoms. The summed E-state index contributed by atoms with van der Waals surface area (Å²) < 4.78 is 15.6. The van der Waals surface area contributed by atoms with Crippen molar-refractivity contribution >= 4 is 16.9 Å². The fraction of sp³-hybridized carbons (Fsp3) is 0.167. The van der Waals surface area contributed by atoms with Gasteiger partial charge in [0.05, 0.1) is 23.3 Å². The zero-order chi connectivity index (χ0) is 25.1. The molecule has 0 saturated heterocycles. The van der Waals surface area contributed by atoms with E-state index in [1.807, 2.05) is 53.1 Å². The summed E-state index contributed by atoms with van der Waals surface area (Å²) in [7, 11) is 0. The minimum absolute atomic E-state index is 0.148. The second kappa shape index (κ2) is 10.1. The fourth-order valence-electron chi connectivity index (χ4n) is 4.43. The van der Waals surface area contributed by atoms with Crippen molar-refractivity contribution < 1.29 is 9.18 Å². The summed E-state index contributed by atoms with van der Waals surface area (Å²) in [6.45, 7) is 4.44. The van der Waals surface area contributed by atoms with E-state index in [4.69, 9.17) is 4.98 Å². The van der Waals surface area contributed by atoms with Crippen molar-refractivity contribution in [1.82, 2.24) is 19.9 Å². The molecule has 180 valence electrons. The average Bonchev–Trinajstić information content (AvgIpc) is 3.22. The third-order valence-corrected chi connectivity index (χ3v) is 6.45. The van der Waals surface area contributed by atoms with Crippen LogP contribution in [0.1, 0.15) is 39.8 Å². The number of aryl methyl sites for hydroxylation is 2. The molecule has 0 aliphatic rings. The molecule has 5 aromatic rings. The number of benzene rings is 3. The quantitative estimate of drug-likeness (QED) is 0.327. The van der Waals surface area contributed by atoms with Gasteiger partial charge in [-0.25, -0.2) is 9.37 Å². The highest BCUT2D eigenvalue weighted by Gasteiger charge is 2.27. The smallest absolute Gasteiger partial charge is 0.248 e. The Balaban J connectivity index is 1.63. The Bertz CT molecular complexity index is 1500. The number of nitrogens with one attached hydrogen (secondary N) is 1. The molecule has 0 radical (unpaired) electrons. The maximum absolute atomic E-state index is 13.8. The Kier molecular flexibility index (Phi) is 6.58. The molecular formula is C30H27FN4O. The number of pyridine rings is 1. The van der Waals surface area contributed by atoms with Crippen LogP contribution in [0.4, 0.5) is 4.39 Å². The van der Waals surface area contributed by atoms with Crippen LogP contribution in [0, 0.1) is 19.7 Å². The van der Waals surface area contributed by atoms with Gasteiger partial charge in [-0.3, -0.25) is 9.78 Å². The lowest BCUT2D eigenvalue weighted by Crippen LogP contribution is -2.34. The average molecular weight is 479 g/mol. The first-order chi connectivity index (χ1) is 17.5. The third kappa shape index (κ3) is 4.89. The van der Waals surface area contributed by atoms with Crippen molar-refractivity contribution in [3.05, 3.63) is 131 Å². The lowest BCUT2D eigenvalue weighted by molar-refractivity contribution is -0.123. The summed E-state index contributed by atoms with van der Waals surface area (Å²) in [6.07, 6.45) is 2.18. The van der Waals surface area contributed by atoms with Gasteiger partial charge in [0.25, 0.3) is 0 Å². The summed E-state index contributed by atoms with van der Waals surface area (Å²) in [5, 5.41) is 3.08. The van der Waals surface area contributed by atoms with Crippen molar-refractivity contribution in [2.24, 2.45) is 0 Å². The number of hydrogen-bond donors (Lipinski definition) is 1. The molecule has 1 unspecified atom stereocenters. The Hall–Kier alpha value is -4.32. The van der Waals surface area contributed by atoms with E-state index in [0.29, 0.717) is 13.0 Å². The molecule has 36 heavy (non-hydrogen) atoms. The molecule has 1 atom stereocenters. The molecule has 2 heterocycles. The van der Waals surface area contributed by atoms with Crippen molar-refractivity contribution in [2.45, 2.75) is 32.9 Å². The molecule has 0 aliphatic heterocycles. The first-order valence-electron chi connectivity index (χ1n) is 11.9. The maximum atomic E-state index is 13.8. The van der Waals surface area contributed by atoms with E-state index in [-0.39, 0.29) is 11.7 Å². The topological polar surface area (TPSA) is 59.8 Å². The van der Waals surface area contributed by atoms with E-state index < -0.39 is 6.04 Å². The molecule has 0 fully saturated rings. The lowest BCUT2D eigenvalue weighted by Gasteiger charge is -2.22. The van der Waals surface area contributed by atoms with Gasteiger partial charge in [0.2, 0.25) is 5.91 Å². The number of amides is 1. The van der Waals surface area contributed by atoms with E-state index in [1.165, 1.54) is 12.1 Å². The number of fused-ring (bicyclic) bond motifs is 1. The Labute approximate surface area is 209 Å². The maximum Gasteiger partial charge on any atom is 0.248 e. The van der Waals surface area contributed by atoms with E-state index in [9.17, 15) is 9.18 Å². The van der Waals surface area contributed by atoms with Crippen LogP contribution in [-0.2, 0) is 17.8 Å². The summed E-state index contributed by atoms with van der Waals surface area (Å²) in [4.78, 5) is 23.1. The number of imidazole rings is 1. The van der Waals surface area contributed by atoms with Crippen molar-refractivity contribution in [2.75, 3.05) is 0 Å². The highest BCUT2D eigenvalue weighted by molar-refractivity contribution is 5.87. The first-order valence-corrected chi connectivity index (χ1v) is 11.9. The normalized spacial score (nSPS) is 12.0. The van der Waals surface area contributed by atoms with Crippen LogP contribution in [0.5, 0.6) is 0 Å². The second-order valence-electron chi connectivity index (χ2n) is 8.98. The second-order valence-corrected chi connectivity index (χ2v) is 8.98. The predicted octanol–water partition coefficient (Wildman–Crippen LogP) is 5.68. The molecule has 0 saturated carbocycles. The van der Waals surface area contributed by atoms with E-state index in [0.717, 1.165) is 44.8 Å². The van der Waals surface area contributed by atoms with Gasteiger partial charge in [0.15, 0.2) is 0 Å². The van der Waals surface area contributed by atoms with Gasteiger partial charge in [-0.1, -0.05) is 48.5 Å². The third-order valence-electron chi connectivity index (χ3n) is 6.45. The number of halogens is 1. The zero-order valence-electron chi connectivity index (χ0n) is 20.3. The molecule has 6 heteroatoms. The minimum Gasteiger partial charge on any atom is -0.348 e. The van der Waals surface area contributed by atoms with Crippen LogP contribution >= 0.6 is 0 Å². The van der Waals surface area contributed by atoms with Crippen molar-refractivity contribution in [1.29, 1.82) is 0 Å². The molecule has 0 bridgehead atoms. The fourth-order valence-corrected chi connectivity index (χ4v) is 4.43. The summed E-state index contributed by atoms with van der Waals surface area (Å²) in [5.41, 5.74) is 6.53. The van der Waals surface area contributed by atoms with Gasteiger partial charge in [-0.15, -0.1) is 0 Å². The van der Waals surface area contributed by atoms with Crippen LogP contribution in [0.2, 0.25) is 0 Å². The Morgan fingerprint density at radius 2 is 1.67 bits per heavy atom. The highest BCUT2D eigenvalue weighted by atomic mass is 19.1. The Morgan fingerprint density at radius 3 is 2.39 bits per heavy atom. The summed E-state index contributed by atoms with van der Waals surface area (Å²) in [5.74, 6) is 0.308. The summed E-state index contributed by atoms with van der Waals surface area (Å²) in [6, 6.07) is 25.3. The molecule has 5 nitrogen and oxygen atoms in total. The van der Waals surface area contributed by atoms with E-state index in [2.05, 4.69) is 36.3 Å². The van der Waals surface area contributed by atoms with Crippen LogP contribution in [0.25, 0.3) is 11.0 Å². The van der Waals surface area contributed by atoms with Crippen molar-refractivity contribution in [3.8, 4) is 0 Å². The van der Waals surface area contributed by atoms with Crippen molar-refractivity contribution in [3.63, 3.8) is 0 Å². The molecule has 0 aliphatic carbocycles. The number of aromatic nitrogens is 3. The van der Waals surface area contributed by atoms with Gasteiger partial charge in [-0.2, -0.15) is 0 Å². The molecule has 2 aromatic heterocycles. The Morgan fingerprint density at radius 1 is 0.944 bits per heavy atom. The van der Waals surface area contributed by atoms with Gasteiger partial charge in [-0.05, 0) is 72.5 Å². The monoisotopic (exact) mass is 478 g/mol. The first kappa shape index (κ1) is 23.4. The van der Waals surface area contributed by atoms with Crippen LogP contribution in [0.3, 0.4) is 0 Å². The SMILES string of the molecule is Cc1cc2nc(Cc3ccc(F)cc3)n(C(C(=O)NCc3ccccn3)c3ccccc3)c2cc1C. The number of rotatable bonds is 7. The number of nitrogens with zero attached hydrogens (tertiary/aromatic N) is 3. The summed E-state index contributed by atoms with van der Waals surface area (Å²) >= 11 is 0. The van der Waals surface area contributed by atoms with Gasteiger partial charge < -0.3 is 9.88 Å². The standard InChI is InChI=1S/C30H27FN4O/c1-20-16-26-27(17-21(20)2)35(28(34-26)18-22-11-13-24(31)14-12-22)29(23-8-4-3-5-9-23)30(36)33-19-25-10-6-7-15-32-25/h3-17,29H,18-19H2,1-2H3,(H,33,36). The highest BCUT2D eigenvalue weighted by Crippen LogP contribution is 2.30. The molecular weight excluding hydrogens is 451 g/mol. The van der Waals surface area contributed by atoms with E-state index in [1.54, 1.807) is 18.3 Å². The lowest BCUT2D eigenvalue weighted by atomic mass is 10.0. The van der Waals surface area contributed by atoms with Crippen LogP contribution in [-0.4, -0.2) is 20.4 Å². The van der Waals surface area contributed by atoms with Gasteiger partial charge in [0.1, 0.15) is 17.7 Å². The number of carbonyl (C=O) groups is 1. The molecule has 3 aromatic carbocycles. The van der Waals surface area contributed by atoms with E-state index >= 15 is 0 Å². The van der Waals surface area contributed by atoms with Crippen LogP contribution < -0.4 is 5.32 Å². The molecule has 1 amide bonds. The number of carbonyl (C=O) groups excluding carboxylic acids is 1. The molecule has 1 N–H and O–H groups in total. The number of hydrogen-bond acceptors (Lipinski definition) is 3. The minimum atomic E-state index is -0.641. The zero-order valence-corrected chi connectivity index (χ0v) is 20.3. The largest absolute Gasteiger partial charge is 0.348 e. The van der Waals surface area contributed by atoms with Gasteiger partial charge >= 0.3 is 0 Å². The molecule has 5 rings (SSSR count). The van der Waals surface area contributed by atoms with Crippen LogP contribution in [0.15, 0.2) is 91.1 Å².